The fourth-order valence-corrected chi connectivity index (χ4v) is 4.50. The van der Waals surface area contributed by atoms with Gasteiger partial charge in [0.05, 0.1) is 23.4 Å². The highest BCUT2D eigenvalue weighted by Crippen LogP contribution is 2.30. The summed E-state index contributed by atoms with van der Waals surface area (Å²) in [5.41, 5.74) is 3.21. The van der Waals surface area contributed by atoms with Crippen molar-refractivity contribution in [1.29, 1.82) is 5.26 Å². The number of aliphatic hydroxyl groups excluding tert-OH is 1. The SMILES string of the molecule is CCOc1ccc(-n2c(SC/C(O)=C(/C#N)c3nc4ccccc4[nH]3)nnc2-c2cccnc2)cc1. The molecule has 0 amide bonds. The number of benzene rings is 2. The van der Waals surface area contributed by atoms with E-state index in [9.17, 15) is 10.4 Å². The third kappa shape index (κ3) is 4.64. The summed E-state index contributed by atoms with van der Waals surface area (Å²) in [6.45, 7) is 2.51. The van der Waals surface area contributed by atoms with E-state index < -0.39 is 0 Å². The van der Waals surface area contributed by atoms with Crippen molar-refractivity contribution in [3.8, 4) is 28.9 Å². The van der Waals surface area contributed by atoms with Gasteiger partial charge in [0.1, 0.15) is 23.2 Å². The number of aromatic amines is 1. The van der Waals surface area contributed by atoms with Gasteiger partial charge in [0, 0.05) is 23.6 Å². The van der Waals surface area contributed by atoms with Gasteiger partial charge in [0.25, 0.3) is 0 Å². The third-order valence-electron chi connectivity index (χ3n) is 5.32. The van der Waals surface area contributed by atoms with E-state index in [0.717, 1.165) is 28.0 Å². The zero-order chi connectivity index (χ0) is 24.9. The summed E-state index contributed by atoms with van der Waals surface area (Å²) >= 11 is 1.26. The summed E-state index contributed by atoms with van der Waals surface area (Å²) in [6, 6.07) is 20.9. The predicted octanol–water partition coefficient (Wildman–Crippen LogP) is 5.19. The summed E-state index contributed by atoms with van der Waals surface area (Å²) in [4.78, 5) is 11.7. The Hall–Kier alpha value is -4.62. The van der Waals surface area contributed by atoms with E-state index in [4.69, 9.17) is 4.74 Å². The zero-order valence-corrected chi connectivity index (χ0v) is 20.1. The lowest BCUT2D eigenvalue weighted by molar-refractivity contribution is 0.340. The molecule has 0 radical (unpaired) electrons. The molecular weight excluding hydrogens is 474 g/mol. The molecule has 0 spiro atoms. The van der Waals surface area contributed by atoms with Gasteiger partial charge >= 0.3 is 0 Å². The van der Waals surface area contributed by atoms with Gasteiger partial charge in [0.2, 0.25) is 0 Å². The molecule has 178 valence electrons. The molecule has 0 aliphatic rings. The van der Waals surface area contributed by atoms with Crippen molar-refractivity contribution in [3.63, 3.8) is 0 Å². The first-order chi connectivity index (χ1) is 17.7. The van der Waals surface area contributed by atoms with Crippen LogP contribution in [0.25, 0.3) is 33.7 Å². The lowest BCUT2D eigenvalue weighted by atomic mass is 10.2. The van der Waals surface area contributed by atoms with Crippen molar-refractivity contribution in [2.75, 3.05) is 12.4 Å². The summed E-state index contributed by atoms with van der Waals surface area (Å²) < 4.78 is 7.46. The van der Waals surface area contributed by atoms with Crippen LogP contribution in [-0.4, -0.2) is 47.2 Å². The van der Waals surface area contributed by atoms with E-state index in [2.05, 4.69) is 31.2 Å². The largest absolute Gasteiger partial charge is 0.510 e. The van der Waals surface area contributed by atoms with Crippen molar-refractivity contribution in [1.82, 2.24) is 29.7 Å². The number of hydrogen-bond acceptors (Lipinski definition) is 8. The number of ether oxygens (including phenoxy) is 1. The molecule has 3 aromatic heterocycles. The lowest BCUT2D eigenvalue weighted by Gasteiger charge is -2.11. The van der Waals surface area contributed by atoms with Gasteiger partial charge < -0.3 is 14.8 Å². The average molecular weight is 496 g/mol. The molecule has 0 fully saturated rings. The predicted molar refractivity (Wildman–Crippen MR) is 138 cm³/mol. The van der Waals surface area contributed by atoms with Crippen LogP contribution in [0.2, 0.25) is 0 Å². The number of fused-ring (bicyclic) bond motifs is 1. The minimum atomic E-state index is -0.106. The number of thioether (sulfide) groups is 1. The van der Waals surface area contributed by atoms with E-state index in [-0.39, 0.29) is 17.1 Å². The number of H-pyrrole nitrogens is 1. The fourth-order valence-electron chi connectivity index (χ4n) is 3.67. The van der Waals surface area contributed by atoms with Gasteiger partial charge in [-0.3, -0.25) is 9.55 Å². The maximum atomic E-state index is 10.8. The number of rotatable bonds is 8. The second kappa shape index (κ2) is 10.3. The summed E-state index contributed by atoms with van der Waals surface area (Å²) in [7, 11) is 0. The molecule has 36 heavy (non-hydrogen) atoms. The number of allylic oxidation sites excluding steroid dienone is 1. The molecule has 0 saturated carbocycles. The van der Waals surface area contributed by atoms with Crippen LogP contribution in [0.4, 0.5) is 0 Å². The van der Waals surface area contributed by atoms with Crippen LogP contribution in [0.5, 0.6) is 5.75 Å². The lowest BCUT2D eigenvalue weighted by Crippen LogP contribution is -2.02. The Morgan fingerprint density at radius 1 is 1.11 bits per heavy atom. The van der Waals surface area contributed by atoms with Crippen LogP contribution < -0.4 is 4.74 Å². The number of para-hydroxylation sites is 2. The van der Waals surface area contributed by atoms with Crippen molar-refractivity contribution < 1.29 is 9.84 Å². The van der Waals surface area contributed by atoms with Gasteiger partial charge in [-0.15, -0.1) is 10.2 Å². The Morgan fingerprint density at radius 2 is 1.94 bits per heavy atom. The van der Waals surface area contributed by atoms with E-state index in [1.165, 1.54) is 11.8 Å². The first-order valence-electron chi connectivity index (χ1n) is 11.2. The van der Waals surface area contributed by atoms with Crippen LogP contribution in [0.1, 0.15) is 12.7 Å². The van der Waals surface area contributed by atoms with Crippen molar-refractivity contribution >= 4 is 28.4 Å². The Labute approximate surface area is 211 Å². The minimum Gasteiger partial charge on any atom is -0.510 e. The second-order valence-electron chi connectivity index (χ2n) is 7.63. The smallest absolute Gasteiger partial charge is 0.196 e. The number of nitriles is 1. The Morgan fingerprint density at radius 3 is 2.67 bits per heavy atom. The Balaban J connectivity index is 1.48. The molecule has 5 rings (SSSR count). The van der Waals surface area contributed by atoms with Crippen LogP contribution in [-0.2, 0) is 0 Å². The fraction of sp³-hybridized carbons (Fsp3) is 0.115. The minimum absolute atomic E-state index is 0.0818. The summed E-state index contributed by atoms with van der Waals surface area (Å²) in [5.74, 6) is 1.68. The molecule has 2 N–H and O–H groups in total. The highest BCUT2D eigenvalue weighted by atomic mass is 32.2. The molecule has 0 bridgehead atoms. The van der Waals surface area contributed by atoms with Crippen molar-refractivity contribution in [2.24, 2.45) is 0 Å². The maximum Gasteiger partial charge on any atom is 0.196 e. The van der Waals surface area contributed by atoms with Gasteiger partial charge in [-0.05, 0) is 55.5 Å². The van der Waals surface area contributed by atoms with E-state index in [1.54, 1.807) is 12.4 Å². The first kappa shape index (κ1) is 23.1. The average Bonchev–Trinajstić information content (AvgIpc) is 3.53. The zero-order valence-electron chi connectivity index (χ0n) is 19.3. The second-order valence-corrected chi connectivity index (χ2v) is 8.58. The van der Waals surface area contributed by atoms with Gasteiger partial charge in [0.15, 0.2) is 16.8 Å². The van der Waals surface area contributed by atoms with E-state index >= 15 is 0 Å². The van der Waals surface area contributed by atoms with Crippen molar-refractivity contribution in [2.45, 2.75) is 12.1 Å². The maximum absolute atomic E-state index is 10.8. The number of hydrogen-bond donors (Lipinski definition) is 2. The van der Waals surface area contributed by atoms with Gasteiger partial charge in [-0.25, -0.2) is 4.98 Å². The number of nitrogens with one attached hydrogen (secondary N) is 1. The third-order valence-corrected chi connectivity index (χ3v) is 6.26. The number of aliphatic hydroxyl groups is 1. The first-order valence-corrected chi connectivity index (χ1v) is 12.2. The molecule has 3 heterocycles. The van der Waals surface area contributed by atoms with Gasteiger partial charge in [-0.2, -0.15) is 5.26 Å². The highest BCUT2D eigenvalue weighted by Gasteiger charge is 2.19. The van der Waals surface area contributed by atoms with E-state index in [1.807, 2.05) is 72.2 Å². The van der Waals surface area contributed by atoms with E-state index in [0.29, 0.717) is 23.4 Å². The topological polar surface area (TPSA) is 126 Å². The molecule has 0 atom stereocenters. The number of imidazole rings is 1. The van der Waals surface area contributed by atoms with Crippen LogP contribution in [0, 0.1) is 11.3 Å². The highest BCUT2D eigenvalue weighted by molar-refractivity contribution is 7.99. The molecule has 0 saturated heterocycles. The van der Waals surface area contributed by atoms with Crippen molar-refractivity contribution in [3.05, 3.63) is 84.6 Å². The molecular formula is C26H21N7O2S. The van der Waals surface area contributed by atoms with Crippen LogP contribution in [0.3, 0.4) is 0 Å². The molecule has 0 unspecified atom stereocenters. The summed E-state index contributed by atoms with van der Waals surface area (Å²) in [6.07, 6.45) is 3.41. The Kier molecular flexibility index (Phi) is 6.64. The number of nitrogens with zero attached hydrogens (tertiary/aromatic N) is 6. The normalized spacial score (nSPS) is 11.8. The Bertz CT molecular complexity index is 1530. The quantitative estimate of drug-likeness (QED) is 0.171. The molecule has 9 nitrogen and oxygen atoms in total. The standard InChI is InChI=1S/C26H21N7O2S/c1-2-35-19-11-9-18(10-12-19)33-25(17-6-5-13-28-15-17)31-32-26(33)36-16-23(34)20(14-27)24-29-21-7-3-4-8-22(21)30-24/h3-13,15,34H,2,16H2,1H3,(H,29,30)/b23-20+. The molecule has 0 aliphatic heterocycles. The summed E-state index contributed by atoms with van der Waals surface area (Å²) in [5, 5.41) is 29.9. The molecule has 5 aromatic rings. The number of pyridine rings is 1. The molecule has 10 heteroatoms. The monoisotopic (exact) mass is 495 g/mol. The number of aromatic nitrogens is 6. The molecule has 0 aliphatic carbocycles. The van der Waals surface area contributed by atoms with Crippen LogP contribution in [0.15, 0.2) is 84.0 Å². The van der Waals surface area contributed by atoms with Gasteiger partial charge in [-0.1, -0.05) is 23.9 Å². The van der Waals surface area contributed by atoms with Crippen LogP contribution >= 0.6 is 11.8 Å². The molecule has 2 aromatic carbocycles.